The molecule has 0 aliphatic rings. The summed E-state index contributed by atoms with van der Waals surface area (Å²) in [6, 6.07) is 14.2. The number of hydrogen-bond donors (Lipinski definition) is 2. The van der Waals surface area contributed by atoms with Gasteiger partial charge in [0.2, 0.25) is 0 Å². The van der Waals surface area contributed by atoms with Crippen LogP contribution >= 0.6 is 0 Å². The number of ether oxygens (including phenoxy) is 1. The Morgan fingerprint density at radius 3 is 2.67 bits per heavy atom. The Bertz CT molecular complexity index is 854. The van der Waals surface area contributed by atoms with Crippen LogP contribution in [0.5, 0.6) is 5.75 Å². The first-order chi connectivity index (χ1) is 11.6. The van der Waals surface area contributed by atoms with E-state index in [1.165, 1.54) is 0 Å². The lowest BCUT2D eigenvalue weighted by atomic mass is 10.1. The Hall–Kier alpha value is -2.79. The van der Waals surface area contributed by atoms with Gasteiger partial charge in [0.1, 0.15) is 17.1 Å². The summed E-state index contributed by atoms with van der Waals surface area (Å²) < 4.78 is 10.9. The third-order valence-electron chi connectivity index (χ3n) is 3.99. The number of furan rings is 1. The van der Waals surface area contributed by atoms with E-state index in [2.05, 4.69) is 5.32 Å². The molecule has 2 aromatic carbocycles. The highest BCUT2D eigenvalue weighted by molar-refractivity contribution is 6.07. The van der Waals surface area contributed by atoms with Crippen molar-refractivity contribution in [2.75, 3.05) is 13.7 Å². The number of benzene rings is 2. The van der Waals surface area contributed by atoms with Gasteiger partial charge in [0.15, 0.2) is 0 Å². The van der Waals surface area contributed by atoms with Crippen LogP contribution in [0.25, 0.3) is 11.0 Å². The predicted octanol–water partition coefficient (Wildman–Crippen LogP) is 3.21. The van der Waals surface area contributed by atoms with Crippen molar-refractivity contribution in [1.82, 2.24) is 5.32 Å². The number of carbonyl (C=O) groups excluding carboxylic acids is 1. The van der Waals surface area contributed by atoms with Crippen molar-refractivity contribution < 1.29 is 19.1 Å². The molecule has 0 fully saturated rings. The number of carbonyl (C=O) groups is 1. The van der Waals surface area contributed by atoms with E-state index in [1.54, 1.807) is 32.2 Å². The summed E-state index contributed by atoms with van der Waals surface area (Å²) in [6.45, 7) is 1.56. The van der Waals surface area contributed by atoms with Crippen molar-refractivity contribution in [2.24, 2.45) is 0 Å². The molecule has 5 nitrogen and oxygen atoms in total. The Morgan fingerprint density at radius 2 is 2.00 bits per heavy atom. The quantitative estimate of drug-likeness (QED) is 0.755. The molecule has 1 atom stereocenters. The third kappa shape index (κ3) is 2.98. The summed E-state index contributed by atoms with van der Waals surface area (Å²) in [7, 11) is 1.57. The summed E-state index contributed by atoms with van der Waals surface area (Å²) >= 11 is 0. The maximum atomic E-state index is 12.8. The first-order valence-corrected chi connectivity index (χ1v) is 7.68. The third-order valence-corrected chi connectivity index (χ3v) is 3.99. The summed E-state index contributed by atoms with van der Waals surface area (Å²) in [5.74, 6) is 0.891. The van der Waals surface area contributed by atoms with Crippen molar-refractivity contribution in [2.45, 2.75) is 13.0 Å². The molecule has 124 valence electrons. The lowest BCUT2D eigenvalue weighted by Crippen LogP contribution is -2.31. The van der Waals surface area contributed by atoms with Gasteiger partial charge in [0.25, 0.3) is 5.91 Å². The predicted molar refractivity (Wildman–Crippen MR) is 91.2 cm³/mol. The second-order valence-corrected chi connectivity index (χ2v) is 5.51. The molecule has 1 amide bonds. The Balaban J connectivity index is 1.94. The Morgan fingerprint density at radius 1 is 1.25 bits per heavy atom. The molecule has 5 heteroatoms. The number of hydrogen-bond acceptors (Lipinski definition) is 4. The molecule has 24 heavy (non-hydrogen) atoms. The topological polar surface area (TPSA) is 71.7 Å². The maximum absolute atomic E-state index is 12.8. The fraction of sp³-hybridized carbons (Fsp3) is 0.211. The minimum Gasteiger partial charge on any atom is -0.497 e. The molecule has 3 rings (SSSR count). The average molecular weight is 325 g/mol. The van der Waals surface area contributed by atoms with Crippen molar-refractivity contribution in [3.05, 3.63) is 65.4 Å². The standard InChI is InChI=1S/C19H19NO4/c1-12-18(15-10-14(23-2)8-9-17(15)24-12)19(22)20-16(11-21)13-6-4-3-5-7-13/h3-10,16,21H,11H2,1-2H3,(H,20,22). The second kappa shape index (κ2) is 6.76. The molecular formula is C19H19NO4. The van der Waals surface area contributed by atoms with Gasteiger partial charge in [-0.05, 0) is 30.7 Å². The lowest BCUT2D eigenvalue weighted by Gasteiger charge is -2.16. The van der Waals surface area contributed by atoms with Gasteiger partial charge in [-0.1, -0.05) is 30.3 Å². The van der Waals surface area contributed by atoms with Crippen LogP contribution in [-0.2, 0) is 0 Å². The summed E-state index contributed by atoms with van der Waals surface area (Å²) in [6.07, 6.45) is 0. The monoisotopic (exact) mass is 325 g/mol. The number of aliphatic hydroxyl groups excluding tert-OH is 1. The zero-order chi connectivity index (χ0) is 17.1. The van der Waals surface area contributed by atoms with Crippen LogP contribution < -0.4 is 10.1 Å². The lowest BCUT2D eigenvalue weighted by molar-refractivity contribution is 0.0916. The first kappa shape index (κ1) is 16.1. The van der Waals surface area contributed by atoms with Crippen molar-refractivity contribution >= 4 is 16.9 Å². The maximum Gasteiger partial charge on any atom is 0.256 e. The summed E-state index contributed by atoms with van der Waals surface area (Å²) in [5.41, 5.74) is 1.92. The molecular weight excluding hydrogens is 306 g/mol. The van der Waals surface area contributed by atoms with Gasteiger partial charge in [-0.25, -0.2) is 0 Å². The van der Waals surface area contributed by atoms with Gasteiger partial charge in [-0.15, -0.1) is 0 Å². The minimum absolute atomic E-state index is 0.187. The number of methoxy groups -OCH3 is 1. The molecule has 2 N–H and O–H groups in total. The highest BCUT2D eigenvalue weighted by Gasteiger charge is 2.22. The van der Waals surface area contributed by atoms with E-state index in [-0.39, 0.29) is 12.5 Å². The normalized spacial score (nSPS) is 12.1. The van der Waals surface area contributed by atoms with E-state index in [9.17, 15) is 9.90 Å². The zero-order valence-electron chi connectivity index (χ0n) is 13.6. The second-order valence-electron chi connectivity index (χ2n) is 5.51. The van der Waals surface area contributed by atoms with Gasteiger partial charge in [0, 0.05) is 5.39 Å². The largest absolute Gasteiger partial charge is 0.497 e. The highest BCUT2D eigenvalue weighted by Crippen LogP contribution is 2.29. The average Bonchev–Trinajstić information content (AvgIpc) is 2.95. The zero-order valence-corrected chi connectivity index (χ0v) is 13.6. The van der Waals surface area contributed by atoms with Crippen molar-refractivity contribution in [3.8, 4) is 5.75 Å². The molecule has 0 bridgehead atoms. The molecule has 3 aromatic rings. The first-order valence-electron chi connectivity index (χ1n) is 7.68. The van der Waals surface area contributed by atoms with Gasteiger partial charge in [-0.3, -0.25) is 4.79 Å². The van der Waals surface area contributed by atoms with Crippen LogP contribution in [0.1, 0.15) is 27.7 Å². The fourth-order valence-electron chi connectivity index (χ4n) is 2.76. The van der Waals surface area contributed by atoms with E-state index in [0.29, 0.717) is 28.0 Å². The fourth-order valence-corrected chi connectivity index (χ4v) is 2.76. The molecule has 0 saturated carbocycles. The van der Waals surface area contributed by atoms with Crippen LogP contribution in [0.2, 0.25) is 0 Å². The van der Waals surface area contributed by atoms with E-state index in [4.69, 9.17) is 9.15 Å². The summed E-state index contributed by atoms with van der Waals surface area (Å²) in [4.78, 5) is 12.8. The molecule has 0 spiro atoms. The number of rotatable bonds is 5. The SMILES string of the molecule is COc1ccc2oc(C)c(C(=O)NC(CO)c3ccccc3)c2c1. The van der Waals surface area contributed by atoms with E-state index in [1.807, 2.05) is 30.3 Å². The molecule has 1 aromatic heterocycles. The van der Waals surface area contributed by atoms with Crippen LogP contribution in [0.4, 0.5) is 0 Å². The number of aliphatic hydroxyl groups is 1. The van der Waals surface area contributed by atoms with E-state index < -0.39 is 6.04 Å². The van der Waals surface area contributed by atoms with Crippen LogP contribution in [0.15, 0.2) is 52.9 Å². The van der Waals surface area contributed by atoms with Crippen molar-refractivity contribution in [3.63, 3.8) is 0 Å². The molecule has 1 unspecified atom stereocenters. The van der Waals surface area contributed by atoms with Gasteiger partial charge < -0.3 is 19.6 Å². The van der Waals surface area contributed by atoms with Crippen molar-refractivity contribution in [1.29, 1.82) is 0 Å². The van der Waals surface area contributed by atoms with E-state index in [0.717, 1.165) is 5.56 Å². The number of amides is 1. The van der Waals surface area contributed by atoms with Gasteiger partial charge >= 0.3 is 0 Å². The molecule has 0 saturated heterocycles. The Kier molecular flexibility index (Phi) is 4.53. The van der Waals surface area contributed by atoms with Gasteiger partial charge in [-0.2, -0.15) is 0 Å². The molecule has 0 aliphatic heterocycles. The molecule has 1 heterocycles. The number of fused-ring (bicyclic) bond motifs is 1. The van der Waals surface area contributed by atoms with Crippen LogP contribution in [0.3, 0.4) is 0 Å². The molecule has 0 aliphatic carbocycles. The molecule has 0 radical (unpaired) electrons. The Labute approximate surface area is 139 Å². The smallest absolute Gasteiger partial charge is 0.256 e. The van der Waals surface area contributed by atoms with Crippen LogP contribution in [0, 0.1) is 6.92 Å². The summed E-state index contributed by atoms with van der Waals surface area (Å²) in [5, 5.41) is 13.2. The number of aryl methyl sites for hydroxylation is 1. The highest BCUT2D eigenvalue weighted by atomic mass is 16.5. The minimum atomic E-state index is -0.478. The van der Waals surface area contributed by atoms with Gasteiger partial charge in [0.05, 0.1) is 25.3 Å². The van der Waals surface area contributed by atoms with E-state index >= 15 is 0 Å². The number of nitrogens with one attached hydrogen (secondary N) is 1. The van der Waals surface area contributed by atoms with Crippen LogP contribution in [-0.4, -0.2) is 24.7 Å².